The van der Waals surface area contributed by atoms with Crippen molar-refractivity contribution in [3.8, 4) is 11.5 Å². The lowest BCUT2D eigenvalue weighted by atomic mass is 10.0. The number of hydrogen-bond acceptors (Lipinski definition) is 4. The molecule has 0 saturated carbocycles. The molecule has 5 heteroatoms. The Balaban J connectivity index is 1.56. The molecule has 0 N–H and O–H groups in total. The molecule has 0 spiro atoms. The van der Waals surface area contributed by atoms with Crippen LogP contribution in [0.1, 0.15) is 28.9 Å². The molecule has 2 aliphatic rings. The molecule has 0 bridgehead atoms. The molecule has 0 aliphatic carbocycles. The van der Waals surface area contributed by atoms with E-state index in [0.29, 0.717) is 30.2 Å². The van der Waals surface area contributed by atoms with Gasteiger partial charge in [0.2, 0.25) is 6.79 Å². The van der Waals surface area contributed by atoms with Gasteiger partial charge in [-0.1, -0.05) is 30.3 Å². The number of nitrogens with zero attached hydrogens (tertiary/aromatic N) is 1. The van der Waals surface area contributed by atoms with Gasteiger partial charge in [0.15, 0.2) is 11.5 Å². The molecule has 2 unspecified atom stereocenters. The van der Waals surface area contributed by atoms with Gasteiger partial charge in [0.1, 0.15) is 6.10 Å². The lowest BCUT2D eigenvalue weighted by molar-refractivity contribution is -0.0486. The van der Waals surface area contributed by atoms with Crippen molar-refractivity contribution < 1.29 is 19.0 Å². The third-order valence-electron chi connectivity index (χ3n) is 4.48. The summed E-state index contributed by atoms with van der Waals surface area (Å²) in [5.41, 5.74) is 1.70. The van der Waals surface area contributed by atoms with Crippen LogP contribution in [0.3, 0.4) is 0 Å². The van der Waals surface area contributed by atoms with Crippen LogP contribution in [-0.2, 0) is 4.74 Å². The van der Waals surface area contributed by atoms with Crippen molar-refractivity contribution in [3.63, 3.8) is 0 Å². The Morgan fingerprint density at radius 3 is 2.71 bits per heavy atom. The Morgan fingerprint density at radius 2 is 1.88 bits per heavy atom. The van der Waals surface area contributed by atoms with Gasteiger partial charge >= 0.3 is 0 Å². The summed E-state index contributed by atoms with van der Waals surface area (Å²) in [4.78, 5) is 14.8. The third kappa shape index (κ3) is 2.71. The van der Waals surface area contributed by atoms with E-state index in [1.165, 1.54) is 0 Å². The fourth-order valence-corrected chi connectivity index (χ4v) is 3.10. The maximum Gasteiger partial charge on any atom is 0.254 e. The number of amides is 1. The van der Waals surface area contributed by atoms with Crippen molar-refractivity contribution in [3.05, 3.63) is 59.7 Å². The van der Waals surface area contributed by atoms with Crippen LogP contribution >= 0.6 is 0 Å². The molecular formula is C19H19NO4. The minimum atomic E-state index is -0.0969. The van der Waals surface area contributed by atoms with Gasteiger partial charge in [0, 0.05) is 5.56 Å². The number of hydrogen-bond donors (Lipinski definition) is 0. The van der Waals surface area contributed by atoms with Crippen LogP contribution in [0, 0.1) is 0 Å². The summed E-state index contributed by atoms with van der Waals surface area (Å²) in [7, 11) is 0. The first-order valence-corrected chi connectivity index (χ1v) is 8.09. The van der Waals surface area contributed by atoms with E-state index in [1.807, 2.05) is 42.2 Å². The first-order valence-electron chi connectivity index (χ1n) is 8.09. The second-order valence-corrected chi connectivity index (χ2v) is 6.11. The van der Waals surface area contributed by atoms with Crippen molar-refractivity contribution in [2.45, 2.75) is 19.1 Å². The largest absolute Gasteiger partial charge is 0.454 e. The summed E-state index contributed by atoms with van der Waals surface area (Å²) in [5, 5.41) is 0. The summed E-state index contributed by atoms with van der Waals surface area (Å²) in [6.07, 6.45) is -0.0969. The van der Waals surface area contributed by atoms with Crippen LogP contribution in [0.15, 0.2) is 48.5 Å². The van der Waals surface area contributed by atoms with Gasteiger partial charge in [0.25, 0.3) is 5.91 Å². The van der Waals surface area contributed by atoms with E-state index in [2.05, 4.69) is 0 Å². The predicted molar refractivity (Wildman–Crippen MR) is 88.2 cm³/mol. The molecule has 124 valence electrons. The summed E-state index contributed by atoms with van der Waals surface area (Å²) >= 11 is 0. The van der Waals surface area contributed by atoms with Crippen molar-refractivity contribution in [1.29, 1.82) is 0 Å². The average Bonchev–Trinajstić information content (AvgIpc) is 3.10. The van der Waals surface area contributed by atoms with Gasteiger partial charge in [-0.25, -0.2) is 0 Å². The minimum Gasteiger partial charge on any atom is -0.454 e. The lowest BCUT2D eigenvalue weighted by Gasteiger charge is -2.38. The monoisotopic (exact) mass is 325 g/mol. The first kappa shape index (κ1) is 15.0. The minimum absolute atomic E-state index is 0.00923. The van der Waals surface area contributed by atoms with Crippen molar-refractivity contribution in [1.82, 2.24) is 4.90 Å². The third-order valence-corrected chi connectivity index (χ3v) is 4.48. The first-order chi connectivity index (χ1) is 11.7. The highest BCUT2D eigenvalue weighted by atomic mass is 16.7. The summed E-state index contributed by atoms with van der Waals surface area (Å²) in [5.74, 6) is 1.30. The predicted octanol–water partition coefficient (Wildman–Crippen LogP) is 3.02. The van der Waals surface area contributed by atoms with E-state index in [-0.39, 0.29) is 24.8 Å². The molecule has 5 nitrogen and oxygen atoms in total. The lowest BCUT2D eigenvalue weighted by Crippen LogP contribution is -2.48. The normalized spacial score (nSPS) is 22.5. The van der Waals surface area contributed by atoms with E-state index in [4.69, 9.17) is 14.2 Å². The zero-order valence-corrected chi connectivity index (χ0v) is 13.5. The average molecular weight is 325 g/mol. The topological polar surface area (TPSA) is 48.0 Å². The Morgan fingerprint density at radius 1 is 1.08 bits per heavy atom. The van der Waals surface area contributed by atoms with Crippen LogP contribution in [0.4, 0.5) is 0 Å². The van der Waals surface area contributed by atoms with Gasteiger partial charge in [-0.05, 0) is 30.7 Å². The maximum atomic E-state index is 13.0. The second kappa shape index (κ2) is 6.17. The van der Waals surface area contributed by atoms with Gasteiger partial charge in [-0.2, -0.15) is 0 Å². The quantitative estimate of drug-likeness (QED) is 0.851. The fraction of sp³-hybridized carbons (Fsp3) is 0.316. The maximum absolute atomic E-state index is 13.0. The van der Waals surface area contributed by atoms with Crippen LogP contribution in [0.5, 0.6) is 11.5 Å². The van der Waals surface area contributed by atoms with E-state index < -0.39 is 0 Å². The number of rotatable bonds is 2. The molecule has 2 atom stereocenters. The summed E-state index contributed by atoms with van der Waals surface area (Å²) < 4.78 is 16.6. The molecule has 1 amide bonds. The summed E-state index contributed by atoms with van der Waals surface area (Å²) in [6.45, 7) is 3.28. The molecule has 24 heavy (non-hydrogen) atoms. The number of ether oxygens (including phenoxy) is 3. The molecular weight excluding hydrogens is 306 g/mol. The molecule has 0 radical (unpaired) electrons. The van der Waals surface area contributed by atoms with Gasteiger partial charge in [0.05, 0.1) is 19.2 Å². The molecule has 2 aromatic carbocycles. The standard InChI is InChI=1S/C19H19NO4/c1-13-11-22-18(14-5-3-2-4-6-14)10-20(13)19(21)15-7-8-16-17(9-15)24-12-23-16/h2-9,13,18H,10-12H2,1H3. The van der Waals surface area contributed by atoms with E-state index in [0.717, 1.165) is 5.56 Å². The highest BCUT2D eigenvalue weighted by Crippen LogP contribution is 2.33. The zero-order valence-electron chi connectivity index (χ0n) is 13.5. The molecule has 2 aromatic rings. The molecule has 4 rings (SSSR count). The van der Waals surface area contributed by atoms with E-state index >= 15 is 0 Å². The highest BCUT2D eigenvalue weighted by molar-refractivity contribution is 5.95. The van der Waals surface area contributed by atoms with Crippen LogP contribution < -0.4 is 9.47 Å². The molecule has 2 heterocycles. The highest BCUT2D eigenvalue weighted by Gasteiger charge is 2.31. The number of benzene rings is 2. The van der Waals surface area contributed by atoms with E-state index in [1.54, 1.807) is 18.2 Å². The molecule has 0 aromatic heterocycles. The molecule has 1 fully saturated rings. The number of carbonyl (C=O) groups is 1. The number of carbonyl (C=O) groups excluding carboxylic acids is 1. The van der Waals surface area contributed by atoms with Crippen molar-refractivity contribution >= 4 is 5.91 Å². The van der Waals surface area contributed by atoms with Crippen LogP contribution in [-0.4, -0.2) is 36.8 Å². The Labute approximate surface area is 140 Å². The summed E-state index contributed by atoms with van der Waals surface area (Å²) in [6, 6.07) is 15.4. The van der Waals surface area contributed by atoms with Crippen LogP contribution in [0.25, 0.3) is 0 Å². The van der Waals surface area contributed by atoms with Gasteiger partial charge in [-0.3, -0.25) is 4.79 Å². The SMILES string of the molecule is CC1COC(c2ccccc2)CN1C(=O)c1ccc2c(c1)OCO2. The smallest absolute Gasteiger partial charge is 0.254 e. The van der Waals surface area contributed by atoms with Crippen molar-refractivity contribution in [2.75, 3.05) is 19.9 Å². The molecule has 2 aliphatic heterocycles. The number of morpholine rings is 1. The molecule has 1 saturated heterocycles. The second-order valence-electron chi connectivity index (χ2n) is 6.11. The zero-order chi connectivity index (χ0) is 16.5. The Bertz CT molecular complexity index is 746. The Hall–Kier alpha value is -2.53. The number of fused-ring (bicyclic) bond motifs is 1. The van der Waals surface area contributed by atoms with Crippen molar-refractivity contribution in [2.24, 2.45) is 0 Å². The Kier molecular flexibility index (Phi) is 3.86. The van der Waals surface area contributed by atoms with E-state index in [9.17, 15) is 4.79 Å². The van der Waals surface area contributed by atoms with Gasteiger partial charge < -0.3 is 19.1 Å². The van der Waals surface area contributed by atoms with Crippen LogP contribution in [0.2, 0.25) is 0 Å². The van der Waals surface area contributed by atoms with Gasteiger partial charge in [-0.15, -0.1) is 0 Å². The fourth-order valence-electron chi connectivity index (χ4n) is 3.10.